The third-order valence-electron chi connectivity index (χ3n) is 5.25. The Morgan fingerprint density at radius 1 is 1.17 bits per heavy atom. The molecule has 0 fully saturated rings. The number of carbonyl (C=O) groups excluding carboxylic acids is 2. The Morgan fingerprint density at radius 2 is 1.79 bits per heavy atom. The van der Waals surface area contributed by atoms with E-state index in [-0.39, 0.29) is 24.4 Å². The molecule has 6 nitrogen and oxygen atoms in total. The number of amides is 1. The Bertz CT molecular complexity index is 874. The van der Waals surface area contributed by atoms with Crippen molar-refractivity contribution in [3.63, 3.8) is 0 Å². The van der Waals surface area contributed by atoms with E-state index in [1.807, 2.05) is 23.6 Å². The maximum absolute atomic E-state index is 12.3. The van der Waals surface area contributed by atoms with E-state index in [9.17, 15) is 14.7 Å². The zero-order chi connectivity index (χ0) is 21.8. The smallest absolute Gasteiger partial charge is 0.305 e. The molecule has 0 radical (unpaired) electrons. The fraction of sp³-hybridized carbons (Fsp3) is 0.478. The summed E-state index contributed by atoms with van der Waals surface area (Å²) in [4.78, 5) is 24.1. The van der Waals surface area contributed by atoms with Gasteiger partial charge in [-0.3, -0.25) is 9.59 Å². The van der Waals surface area contributed by atoms with Crippen molar-refractivity contribution in [2.24, 2.45) is 5.73 Å². The van der Waals surface area contributed by atoms with Crippen molar-refractivity contribution >= 4 is 11.9 Å². The monoisotopic (exact) mass is 400 g/mol. The predicted molar refractivity (Wildman–Crippen MR) is 114 cm³/mol. The second-order valence-electron chi connectivity index (χ2n) is 8.28. The van der Waals surface area contributed by atoms with Crippen molar-refractivity contribution in [1.82, 2.24) is 4.57 Å². The number of hydrogen-bond donors (Lipinski definition) is 2. The van der Waals surface area contributed by atoms with Gasteiger partial charge in [0.05, 0.1) is 19.1 Å². The van der Waals surface area contributed by atoms with E-state index >= 15 is 0 Å². The number of nitrogens with zero attached hydrogens (tertiary/aromatic N) is 1. The molecule has 29 heavy (non-hydrogen) atoms. The van der Waals surface area contributed by atoms with Crippen molar-refractivity contribution in [2.45, 2.75) is 58.9 Å². The summed E-state index contributed by atoms with van der Waals surface area (Å²) in [5, 5.41) is 9.30. The number of benzene rings is 1. The first-order valence-electron chi connectivity index (χ1n) is 9.92. The molecule has 0 spiro atoms. The molecular weight excluding hydrogens is 368 g/mol. The number of aliphatic hydroxyl groups excluding tert-OH is 1. The van der Waals surface area contributed by atoms with Crippen LogP contribution in [0.2, 0.25) is 0 Å². The molecule has 3 N–H and O–H groups in total. The van der Waals surface area contributed by atoms with Crippen LogP contribution in [0.5, 0.6) is 0 Å². The molecule has 0 aliphatic rings. The van der Waals surface area contributed by atoms with Crippen LogP contribution in [0.3, 0.4) is 0 Å². The summed E-state index contributed by atoms with van der Waals surface area (Å²) < 4.78 is 6.79. The normalized spacial score (nSPS) is 11.5. The standard InChI is InChI=1S/C23H32N2O4/c1-15-20(22(24)28)21(16-7-9-17(10-8-16)23(2,3)4)18(11-12-19(27)29-5)25(15)13-6-14-26/h7-10,26H,6,11-14H2,1-5H3,(H2,24,28). The number of aromatic nitrogens is 1. The Morgan fingerprint density at radius 3 is 2.28 bits per heavy atom. The Labute approximate surface area is 172 Å². The van der Waals surface area contributed by atoms with E-state index in [2.05, 4.69) is 32.9 Å². The highest BCUT2D eigenvalue weighted by atomic mass is 16.5. The van der Waals surface area contributed by atoms with Crippen molar-refractivity contribution in [3.8, 4) is 11.1 Å². The second-order valence-corrected chi connectivity index (χ2v) is 8.28. The third-order valence-corrected chi connectivity index (χ3v) is 5.25. The first-order chi connectivity index (χ1) is 13.6. The average molecular weight is 401 g/mol. The van der Waals surface area contributed by atoms with Gasteiger partial charge in [-0.2, -0.15) is 0 Å². The van der Waals surface area contributed by atoms with E-state index < -0.39 is 5.91 Å². The van der Waals surface area contributed by atoms with Crippen LogP contribution in [0.1, 0.15) is 60.9 Å². The van der Waals surface area contributed by atoms with Crippen LogP contribution >= 0.6 is 0 Å². The van der Waals surface area contributed by atoms with E-state index in [4.69, 9.17) is 10.5 Å². The SMILES string of the molecule is COC(=O)CCc1c(-c2ccc(C(C)(C)C)cc2)c(C(N)=O)c(C)n1CCCO. The Balaban J connectivity index is 2.66. The van der Waals surface area contributed by atoms with Crippen LogP contribution in [0.15, 0.2) is 24.3 Å². The molecule has 1 aromatic carbocycles. The lowest BCUT2D eigenvalue weighted by atomic mass is 9.86. The number of rotatable bonds is 8. The summed E-state index contributed by atoms with van der Waals surface area (Å²) in [6.07, 6.45) is 1.16. The van der Waals surface area contributed by atoms with Crippen LogP contribution in [-0.4, -0.2) is 35.3 Å². The first-order valence-corrected chi connectivity index (χ1v) is 9.92. The van der Waals surface area contributed by atoms with Crippen molar-refractivity contribution in [2.75, 3.05) is 13.7 Å². The lowest BCUT2D eigenvalue weighted by molar-refractivity contribution is -0.140. The number of ether oxygens (including phenoxy) is 1. The molecule has 0 unspecified atom stereocenters. The summed E-state index contributed by atoms with van der Waals surface area (Å²) in [6.45, 7) is 8.87. The minimum Gasteiger partial charge on any atom is -0.469 e. The largest absolute Gasteiger partial charge is 0.469 e. The molecule has 0 saturated carbocycles. The van der Waals surface area contributed by atoms with E-state index in [0.717, 1.165) is 22.5 Å². The van der Waals surface area contributed by atoms with Crippen molar-refractivity contribution < 1.29 is 19.4 Å². The molecule has 0 aliphatic heterocycles. The number of aliphatic hydroxyl groups is 1. The predicted octanol–water partition coefficient (Wildman–Crippen LogP) is 3.35. The number of methoxy groups -OCH3 is 1. The van der Waals surface area contributed by atoms with Gasteiger partial charge in [0.2, 0.25) is 0 Å². The third kappa shape index (κ3) is 5.07. The molecule has 1 aromatic heterocycles. The molecule has 0 bridgehead atoms. The zero-order valence-corrected chi connectivity index (χ0v) is 18.0. The average Bonchev–Trinajstić information content (AvgIpc) is 2.95. The topological polar surface area (TPSA) is 94.5 Å². The molecule has 2 rings (SSSR count). The number of nitrogens with two attached hydrogens (primary N) is 1. The maximum atomic E-state index is 12.3. The Hall–Kier alpha value is -2.60. The molecule has 1 amide bonds. The van der Waals surface area contributed by atoms with Crippen LogP contribution in [-0.2, 0) is 27.9 Å². The molecule has 1 heterocycles. The van der Waals surface area contributed by atoms with Gasteiger partial charge in [0.25, 0.3) is 5.91 Å². The van der Waals surface area contributed by atoms with Gasteiger partial charge in [0, 0.05) is 30.1 Å². The van der Waals surface area contributed by atoms with Gasteiger partial charge in [-0.25, -0.2) is 0 Å². The highest BCUT2D eigenvalue weighted by molar-refractivity contribution is 6.02. The lowest BCUT2D eigenvalue weighted by Gasteiger charge is -2.19. The number of hydrogen-bond acceptors (Lipinski definition) is 4. The van der Waals surface area contributed by atoms with Crippen LogP contribution in [0.4, 0.5) is 0 Å². The van der Waals surface area contributed by atoms with E-state index in [1.54, 1.807) is 0 Å². The van der Waals surface area contributed by atoms with Crippen LogP contribution in [0.25, 0.3) is 11.1 Å². The van der Waals surface area contributed by atoms with Crippen LogP contribution in [0, 0.1) is 6.92 Å². The highest BCUT2D eigenvalue weighted by Crippen LogP contribution is 2.35. The molecular formula is C23H32N2O4. The van der Waals surface area contributed by atoms with Crippen molar-refractivity contribution in [3.05, 3.63) is 46.8 Å². The fourth-order valence-electron chi connectivity index (χ4n) is 3.66. The zero-order valence-electron chi connectivity index (χ0n) is 18.0. The van der Waals surface area contributed by atoms with Gasteiger partial charge in [-0.15, -0.1) is 0 Å². The highest BCUT2D eigenvalue weighted by Gasteiger charge is 2.25. The fourth-order valence-corrected chi connectivity index (χ4v) is 3.66. The molecule has 6 heteroatoms. The van der Waals surface area contributed by atoms with Gasteiger partial charge in [0.1, 0.15) is 0 Å². The van der Waals surface area contributed by atoms with E-state index in [0.29, 0.717) is 24.9 Å². The van der Waals surface area contributed by atoms with Gasteiger partial charge in [-0.05, 0) is 36.3 Å². The molecule has 0 aliphatic carbocycles. The van der Waals surface area contributed by atoms with Gasteiger partial charge in [0.15, 0.2) is 0 Å². The number of esters is 1. The summed E-state index contributed by atoms with van der Waals surface area (Å²) >= 11 is 0. The summed E-state index contributed by atoms with van der Waals surface area (Å²) in [5.74, 6) is -0.813. The summed E-state index contributed by atoms with van der Waals surface area (Å²) in [7, 11) is 1.36. The van der Waals surface area contributed by atoms with E-state index in [1.165, 1.54) is 12.7 Å². The maximum Gasteiger partial charge on any atom is 0.305 e. The van der Waals surface area contributed by atoms with Crippen molar-refractivity contribution in [1.29, 1.82) is 0 Å². The summed E-state index contributed by atoms with van der Waals surface area (Å²) in [6, 6.07) is 8.12. The summed E-state index contributed by atoms with van der Waals surface area (Å²) in [5.41, 5.74) is 10.7. The number of primary amides is 1. The molecule has 0 atom stereocenters. The van der Waals surface area contributed by atoms with Crippen LogP contribution < -0.4 is 5.73 Å². The van der Waals surface area contributed by atoms with Gasteiger partial charge in [-0.1, -0.05) is 45.0 Å². The first kappa shape index (κ1) is 22.7. The Kier molecular flexibility index (Phi) is 7.25. The molecule has 2 aromatic rings. The molecule has 158 valence electrons. The minimum absolute atomic E-state index is 0.0156. The second kappa shape index (κ2) is 9.27. The number of carbonyl (C=O) groups is 2. The lowest BCUT2D eigenvalue weighted by Crippen LogP contribution is -2.14. The van der Waals surface area contributed by atoms with Gasteiger partial charge >= 0.3 is 5.97 Å². The minimum atomic E-state index is -0.500. The molecule has 0 saturated heterocycles. The van der Waals surface area contributed by atoms with Gasteiger partial charge < -0.3 is 20.1 Å². The quantitative estimate of drug-likeness (QED) is 0.665.